The number of rotatable bonds is 11. The molecule has 7 nitrogen and oxygen atoms in total. The van der Waals surface area contributed by atoms with E-state index in [9.17, 15) is 18.0 Å². The van der Waals surface area contributed by atoms with E-state index in [0.29, 0.717) is 29.2 Å². The molecule has 0 saturated heterocycles. The molecule has 0 fully saturated rings. The van der Waals surface area contributed by atoms with Crippen molar-refractivity contribution in [3.05, 3.63) is 64.2 Å². The van der Waals surface area contributed by atoms with Gasteiger partial charge in [-0.15, -0.1) is 0 Å². The van der Waals surface area contributed by atoms with E-state index >= 15 is 0 Å². The van der Waals surface area contributed by atoms with Gasteiger partial charge in [0.2, 0.25) is 21.8 Å². The predicted octanol–water partition coefficient (Wildman–Crippen LogP) is 4.30. The third-order valence-electron chi connectivity index (χ3n) is 5.54. The van der Waals surface area contributed by atoms with Gasteiger partial charge in [-0.05, 0) is 61.1 Å². The number of carbonyl (C=O) groups excluding carboxylic acids is 2. The van der Waals surface area contributed by atoms with Crippen LogP contribution in [-0.2, 0) is 26.2 Å². The largest absolute Gasteiger partial charge is 0.354 e. The van der Waals surface area contributed by atoms with Gasteiger partial charge >= 0.3 is 0 Å². The molecule has 0 aliphatic heterocycles. The summed E-state index contributed by atoms with van der Waals surface area (Å²) in [7, 11) is -3.78. The van der Waals surface area contributed by atoms with Gasteiger partial charge in [-0.25, -0.2) is 8.42 Å². The molecule has 35 heavy (non-hydrogen) atoms. The van der Waals surface area contributed by atoms with Crippen molar-refractivity contribution in [1.82, 2.24) is 10.2 Å². The molecule has 0 unspecified atom stereocenters. The highest BCUT2D eigenvalue weighted by molar-refractivity contribution is 7.92. The minimum absolute atomic E-state index is 0.0799. The molecule has 1 atom stereocenters. The fraction of sp³-hybridized carbons (Fsp3) is 0.462. The monoisotopic (exact) mass is 521 g/mol. The maximum Gasteiger partial charge on any atom is 0.244 e. The minimum Gasteiger partial charge on any atom is -0.354 e. The SMILES string of the molecule is CC[C@H](C(=O)NCC(C)C)N(Cc1ccccc1Cl)C(=O)CN(c1cc(C)cc(C)c1)S(C)(=O)=O. The average molecular weight is 522 g/mol. The van der Waals surface area contributed by atoms with Gasteiger partial charge in [-0.3, -0.25) is 13.9 Å². The minimum atomic E-state index is -3.78. The maximum absolute atomic E-state index is 13.7. The molecule has 2 aromatic rings. The highest BCUT2D eigenvalue weighted by atomic mass is 35.5. The molecule has 0 heterocycles. The Hall–Kier alpha value is -2.58. The van der Waals surface area contributed by atoms with Crippen molar-refractivity contribution in [1.29, 1.82) is 0 Å². The van der Waals surface area contributed by atoms with E-state index < -0.39 is 28.5 Å². The molecular formula is C26H36ClN3O4S. The van der Waals surface area contributed by atoms with Gasteiger partial charge in [0.1, 0.15) is 12.6 Å². The molecule has 192 valence electrons. The number of nitrogens with zero attached hydrogens (tertiary/aromatic N) is 2. The number of sulfonamides is 1. The molecular weight excluding hydrogens is 486 g/mol. The van der Waals surface area contributed by atoms with Crippen LogP contribution in [0, 0.1) is 19.8 Å². The summed E-state index contributed by atoms with van der Waals surface area (Å²) in [5.74, 6) is -0.519. The van der Waals surface area contributed by atoms with Crippen LogP contribution in [0.1, 0.15) is 43.9 Å². The second-order valence-electron chi connectivity index (χ2n) is 9.29. The first kappa shape index (κ1) is 28.7. The Morgan fingerprint density at radius 3 is 2.17 bits per heavy atom. The molecule has 2 aromatic carbocycles. The number of aryl methyl sites for hydroxylation is 2. The first-order chi connectivity index (χ1) is 16.3. The van der Waals surface area contributed by atoms with Gasteiger partial charge in [-0.1, -0.05) is 56.6 Å². The standard InChI is InChI=1S/C26H36ClN3O4S/c1-7-24(26(32)28-15-18(2)3)29(16-21-10-8-9-11-23(21)27)25(31)17-30(35(6,33)34)22-13-19(4)12-20(5)14-22/h8-14,18,24H,7,15-17H2,1-6H3,(H,28,32)/t24-/m1/s1. The molecule has 0 bridgehead atoms. The Kier molecular flexibility index (Phi) is 10.2. The summed E-state index contributed by atoms with van der Waals surface area (Å²) in [4.78, 5) is 28.2. The van der Waals surface area contributed by atoms with E-state index in [4.69, 9.17) is 11.6 Å². The zero-order valence-corrected chi connectivity index (χ0v) is 22.9. The molecule has 0 saturated carbocycles. The third kappa shape index (κ3) is 8.25. The van der Waals surface area contributed by atoms with Gasteiger partial charge < -0.3 is 10.2 Å². The van der Waals surface area contributed by atoms with Gasteiger partial charge in [-0.2, -0.15) is 0 Å². The van der Waals surface area contributed by atoms with Gasteiger partial charge in [0.25, 0.3) is 0 Å². The quantitative estimate of drug-likeness (QED) is 0.477. The lowest BCUT2D eigenvalue weighted by molar-refractivity contribution is -0.140. The highest BCUT2D eigenvalue weighted by Gasteiger charge is 2.32. The first-order valence-electron chi connectivity index (χ1n) is 11.7. The summed E-state index contributed by atoms with van der Waals surface area (Å²) >= 11 is 6.37. The van der Waals surface area contributed by atoms with Crippen LogP contribution in [0.3, 0.4) is 0 Å². The Balaban J connectivity index is 2.47. The van der Waals surface area contributed by atoms with Crippen molar-refractivity contribution in [3.8, 4) is 0 Å². The number of carbonyl (C=O) groups is 2. The van der Waals surface area contributed by atoms with Crippen molar-refractivity contribution < 1.29 is 18.0 Å². The van der Waals surface area contributed by atoms with Crippen LogP contribution >= 0.6 is 11.6 Å². The number of amides is 2. The molecule has 2 amide bonds. The second-order valence-corrected chi connectivity index (χ2v) is 11.6. The lowest BCUT2D eigenvalue weighted by atomic mass is 10.1. The lowest BCUT2D eigenvalue weighted by Gasteiger charge is -2.33. The lowest BCUT2D eigenvalue weighted by Crippen LogP contribution is -2.52. The molecule has 0 aliphatic carbocycles. The molecule has 0 spiro atoms. The highest BCUT2D eigenvalue weighted by Crippen LogP contribution is 2.24. The average Bonchev–Trinajstić information content (AvgIpc) is 2.75. The van der Waals surface area contributed by atoms with Gasteiger partial charge in [0, 0.05) is 18.1 Å². The number of nitrogens with one attached hydrogen (secondary N) is 1. The van der Waals surface area contributed by atoms with Crippen LogP contribution < -0.4 is 9.62 Å². The zero-order valence-electron chi connectivity index (χ0n) is 21.3. The fourth-order valence-electron chi connectivity index (χ4n) is 3.86. The van der Waals surface area contributed by atoms with Crippen LogP contribution in [0.25, 0.3) is 0 Å². The fourth-order valence-corrected chi connectivity index (χ4v) is 4.89. The predicted molar refractivity (Wildman–Crippen MR) is 142 cm³/mol. The molecule has 0 aliphatic rings. The molecule has 0 aromatic heterocycles. The van der Waals surface area contributed by atoms with E-state index in [0.717, 1.165) is 21.7 Å². The third-order valence-corrected chi connectivity index (χ3v) is 7.05. The van der Waals surface area contributed by atoms with Crippen molar-refractivity contribution in [2.75, 3.05) is 23.7 Å². The Morgan fingerprint density at radius 2 is 1.66 bits per heavy atom. The van der Waals surface area contributed by atoms with Crippen LogP contribution in [0.2, 0.25) is 5.02 Å². The van der Waals surface area contributed by atoms with E-state index in [1.54, 1.807) is 30.3 Å². The summed E-state index contributed by atoms with van der Waals surface area (Å²) in [6.45, 7) is 9.66. The maximum atomic E-state index is 13.7. The van der Waals surface area contributed by atoms with Crippen molar-refractivity contribution in [2.45, 2.75) is 53.6 Å². The van der Waals surface area contributed by atoms with Crippen molar-refractivity contribution in [3.63, 3.8) is 0 Å². The smallest absolute Gasteiger partial charge is 0.244 e. The molecule has 1 N–H and O–H groups in total. The topological polar surface area (TPSA) is 86.8 Å². The Labute approximate surface area is 214 Å². The summed E-state index contributed by atoms with van der Waals surface area (Å²) in [5, 5.41) is 3.37. The molecule has 9 heteroatoms. The summed E-state index contributed by atoms with van der Waals surface area (Å²) in [5.41, 5.74) is 2.85. The van der Waals surface area contributed by atoms with Crippen molar-refractivity contribution in [2.24, 2.45) is 5.92 Å². The Morgan fingerprint density at radius 1 is 1.06 bits per heavy atom. The molecule has 2 rings (SSSR count). The summed E-state index contributed by atoms with van der Waals surface area (Å²) in [6.07, 6.45) is 1.44. The Bertz CT molecular complexity index is 1130. The normalized spacial score (nSPS) is 12.3. The van der Waals surface area contributed by atoms with Gasteiger partial charge in [0.15, 0.2) is 0 Å². The van der Waals surface area contributed by atoms with Gasteiger partial charge in [0.05, 0.1) is 11.9 Å². The number of hydrogen-bond acceptors (Lipinski definition) is 4. The van der Waals surface area contributed by atoms with Crippen LogP contribution in [0.15, 0.2) is 42.5 Å². The number of halogens is 1. The van der Waals surface area contributed by atoms with Crippen LogP contribution in [0.5, 0.6) is 0 Å². The number of benzene rings is 2. The van der Waals surface area contributed by atoms with E-state index in [1.807, 2.05) is 46.8 Å². The van der Waals surface area contributed by atoms with Crippen LogP contribution in [-0.4, -0.2) is 50.5 Å². The molecule has 0 radical (unpaired) electrons. The summed E-state index contributed by atoms with van der Waals surface area (Å²) < 4.78 is 26.6. The first-order valence-corrected chi connectivity index (χ1v) is 13.9. The number of hydrogen-bond donors (Lipinski definition) is 1. The summed E-state index contributed by atoms with van der Waals surface area (Å²) in [6, 6.07) is 11.7. The van der Waals surface area contributed by atoms with E-state index in [2.05, 4.69) is 5.32 Å². The number of anilines is 1. The van der Waals surface area contributed by atoms with Crippen LogP contribution in [0.4, 0.5) is 5.69 Å². The van der Waals surface area contributed by atoms with E-state index in [-0.39, 0.29) is 18.4 Å². The second kappa shape index (κ2) is 12.4. The zero-order chi connectivity index (χ0) is 26.3. The van der Waals surface area contributed by atoms with E-state index in [1.165, 1.54) is 4.90 Å². The van der Waals surface area contributed by atoms with Crippen molar-refractivity contribution >= 4 is 39.1 Å².